The van der Waals surface area contributed by atoms with Gasteiger partial charge in [0, 0.05) is 12.8 Å². The van der Waals surface area contributed by atoms with Crippen LogP contribution in [0.3, 0.4) is 0 Å². The van der Waals surface area contributed by atoms with Crippen LogP contribution >= 0.6 is 0 Å². The molecule has 1 aromatic carbocycles. The largest absolute Gasteiger partial charge is 0.466 e. The van der Waals surface area contributed by atoms with E-state index in [-0.39, 0.29) is 31.6 Å². The zero-order valence-electron chi connectivity index (χ0n) is 20.4. The minimum atomic E-state index is -0.259. The summed E-state index contributed by atoms with van der Waals surface area (Å²) in [7, 11) is 0. The number of carbonyl (C=O) groups excluding carboxylic acids is 2. The number of hydrogen-bond acceptors (Lipinski definition) is 4. The minimum Gasteiger partial charge on any atom is -0.466 e. The summed E-state index contributed by atoms with van der Waals surface area (Å²) in [6.07, 6.45) is 24.4. The van der Waals surface area contributed by atoms with Crippen molar-refractivity contribution in [2.24, 2.45) is 0 Å². The Bertz CT molecular complexity index is 704. The molecule has 0 bridgehead atoms. The van der Waals surface area contributed by atoms with Gasteiger partial charge in [-0.3, -0.25) is 9.59 Å². The molecule has 0 spiro atoms. The average molecular weight is 455 g/mol. The van der Waals surface area contributed by atoms with Gasteiger partial charge in [-0.15, -0.1) is 0 Å². The van der Waals surface area contributed by atoms with Crippen LogP contribution in [0.25, 0.3) is 0 Å². The Kier molecular flexibility index (Phi) is 18.3. The molecule has 0 aliphatic rings. The molecule has 0 aromatic heterocycles. The van der Waals surface area contributed by atoms with Crippen LogP contribution in [-0.4, -0.2) is 25.2 Å². The molecule has 1 rings (SSSR count). The van der Waals surface area contributed by atoms with E-state index in [9.17, 15) is 9.59 Å². The molecule has 0 aliphatic heterocycles. The van der Waals surface area contributed by atoms with Crippen molar-refractivity contribution in [3.8, 4) is 0 Å². The number of benzene rings is 1. The lowest BCUT2D eigenvalue weighted by molar-refractivity contribution is -0.145. The molecule has 1 aromatic rings. The van der Waals surface area contributed by atoms with E-state index < -0.39 is 0 Å². The Morgan fingerprint density at radius 2 is 1.27 bits per heavy atom. The predicted octanol–water partition coefficient (Wildman–Crippen LogP) is 7.30. The van der Waals surface area contributed by atoms with Crippen molar-refractivity contribution in [1.29, 1.82) is 0 Å². The molecular weight excluding hydrogens is 412 g/mol. The Morgan fingerprint density at radius 3 is 1.91 bits per heavy atom. The van der Waals surface area contributed by atoms with Crippen molar-refractivity contribution in [2.75, 3.05) is 13.2 Å². The molecular formula is C29H42O4. The minimum absolute atomic E-state index is 0.180. The highest BCUT2D eigenvalue weighted by Crippen LogP contribution is 2.05. The van der Waals surface area contributed by atoms with Crippen molar-refractivity contribution < 1.29 is 19.1 Å². The molecule has 4 nitrogen and oxygen atoms in total. The lowest BCUT2D eigenvalue weighted by atomic mass is 10.1. The van der Waals surface area contributed by atoms with Crippen LogP contribution < -0.4 is 0 Å². The van der Waals surface area contributed by atoms with Crippen molar-refractivity contribution in [3.63, 3.8) is 0 Å². The third-order valence-electron chi connectivity index (χ3n) is 5.03. The lowest BCUT2D eigenvalue weighted by Gasteiger charge is -2.06. The van der Waals surface area contributed by atoms with E-state index in [1.807, 2.05) is 30.3 Å². The summed E-state index contributed by atoms with van der Waals surface area (Å²) in [5.41, 5.74) is 0.932. The molecule has 0 radical (unpaired) electrons. The third-order valence-corrected chi connectivity index (χ3v) is 5.03. The van der Waals surface area contributed by atoms with Gasteiger partial charge < -0.3 is 9.47 Å². The van der Waals surface area contributed by atoms with Gasteiger partial charge >= 0.3 is 11.9 Å². The van der Waals surface area contributed by atoms with Gasteiger partial charge in [0.1, 0.15) is 0 Å². The first-order valence-corrected chi connectivity index (χ1v) is 12.5. The zero-order chi connectivity index (χ0) is 23.8. The van der Waals surface area contributed by atoms with Crippen molar-refractivity contribution in [2.45, 2.75) is 84.0 Å². The fraction of sp³-hybridized carbons (Fsp3) is 0.517. The summed E-state index contributed by atoms with van der Waals surface area (Å²) in [6.45, 7) is 2.79. The van der Waals surface area contributed by atoms with Gasteiger partial charge in [0.25, 0.3) is 0 Å². The summed E-state index contributed by atoms with van der Waals surface area (Å²) in [5.74, 6) is -0.439. The van der Waals surface area contributed by atoms with Gasteiger partial charge in [-0.1, -0.05) is 86.6 Å². The Balaban J connectivity index is 1.89. The van der Waals surface area contributed by atoms with Gasteiger partial charge in [0.05, 0.1) is 19.6 Å². The first-order valence-electron chi connectivity index (χ1n) is 12.5. The molecule has 0 amide bonds. The van der Waals surface area contributed by atoms with Gasteiger partial charge in [0.2, 0.25) is 0 Å². The highest BCUT2D eigenvalue weighted by molar-refractivity contribution is 5.72. The van der Waals surface area contributed by atoms with E-state index in [0.717, 1.165) is 37.7 Å². The fourth-order valence-corrected chi connectivity index (χ4v) is 3.14. The molecule has 33 heavy (non-hydrogen) atoms. The number of unbranched alkanes of at least 4 members (excludes halogenated alkanes) is 5. The van der Waals surface area contributed by atoms with E-state index in [1.165, 1.54) is 25.7 Å². The van der Waals surface area contributed by atoms with Crippen molar-refractivity contribution in [3.05, 3.63) is 72.4 Å². The molecule has 0 N–H and O–H groups in total. The van der Waals surface area contributed by atoms with Crippen LogP contribution in [0.2, 0.25) is 0 Å². The molecule has 0 unspecified atom stereocenters. The number of ether oxygens (including phenoxy) is 2. The number of hydrogen-bond donors (Lipinski definition) is 0. The Labute approximate surface area is 200 Å². The van der Waals surface area contributed by atoms with Crippen LogP contribution in [0.5, 0.6) is 0 Å². The second-order valence-corrected chi connectivity index (χ2v) is 8.08. The SMILES string of the molecule is CCCCC/C=C\C/C=C\C/C=C\CCCCC(=O)OCCCOC(=O)Cc1ccccc1. The quantitative estimate of drug-likeness (QED) is 0.125. The van der Waals surface area contributed by atoms with Gasteiger partial charge in [0.15, 0.2) is 0 Å². The molecule has 0 heterocycles. The second-order valence-electron chi connectivity index (χ2n) is 8.08. The maximum atomic E-state index is 11.8. The molecule has 0 saturated heterocycles. The maximum Gasteiger partial charge on any atom is 0.310 e. The smallest absolute Gasteiger partial charge is 0.310 e. The summed E-state index contributed by atoms with van der Waals surface area (Å²) < 4.78 is 10.4. The van der Waals surface area contributed by atoms with E-state index in [2.05, 4.69) is 43.4 Å². The normalized spacial score (nSPS) is 11.5. The van der Waals surface area contributed by atoms with E-state index in [4.69, 9.17) is 9.47 Å². The second kappa shape index (κ2) is 21.2. The van der Waals surface area contributed by atoms with Crippen LogP contribution in [0.4, 0.5) is 0 Å². The van der Waals surface area contributed by atoms with Crippen LogP contribution in [0.1, 0.15) is 83.1 Å². The predicted molar refractivity (Wildman–Crippen MR) is 136 cm³/mol. The first kappa shape index (κ1) is 28.4. The van der Waals surface area contributed by atoms with Gasteiger partial charge in [-0.05, 0) is 50.5 Å². The van der Waals surface area contributed by atoms with Crippen LogP contribution in [0.15, 0.2) is 66.8 Å². The number of rotatable bonds is 19. The Morgan fingerprint density at radius 1 is 0.697 bits per heavy atom. The number of allylic oxidation sites excluding steroid dienone is 6. The molecule has 4 heteroatoms. The summed E-state index contributed by atoms with van der Waals surface area (Å²) in [5, 5.41) is 0. The van der Waals surface area contributed by atoms with Gasteiger partial charge in [-0.25, -0.2) is 0 Å². The fourth-order valence-electron chi connectivity index (χ4n) is 3.14. The van der Waals surface area contributed by atoms with Gasteiger partial charge in [-0.2, -0.15) is 0 Å². The number of esters is 2. The summed E-state index contributed by atoms with van der Waals surface area (Å²) in [4.78, 5) is 23.5. The average Bonchev–Trinajstić information content (AvgIpc) is 2.82. The van der Waals surface area contributed by atoms with Crippen molar-refractivity contribution in [1.82, 2.24) is 0 Å². The highest BCUT2D eigenvalue weighted by Gasteiger charge is 2.05. The Hall–Kier alpha value is -2.62. The maximum absolute atomic E-state index is 11.8. The molecule has 0 saturated carbocycles. The summed E-state index contributed by atoms with van der Waals surface area (Å²) in [6, 6.07) is 9.49. The topological polar surface area (TPSA) is 52.6 Å². The highest BCUT2D eigenvalue weighted by atomic mass is 16.5. The van der Waals surface area contributed by atoms with Crippen LogP contribution in [-0.2, 0) is 25.5 Å². The summed E-state index contributed by atoms with van der Waals surface area (Å²) >= 11 is 0. The van der Waals surface area contributed by atoms with E-state index in [0.29, 0.717) is 12.8 Å². The first-order chi connectivity index (χ1) is 16.2. The van der Waals surface area contributed by atoms with E-state index >= 15 is 0 Å². The van der Waals surface area contributed by atoms with E-state index in [1.54, 1.807) is 0 Å². The molecule has 0 fully saturated rings. The monoisotopic (exact) mass is 454 g/mol. The standard InChI is InChI=1S/C29H42O4/c1-2-3-4-5-6-7-8-9-10-11-12-13-14-15-19-23-28(30)32-24-20-25-33-29(31)26-27-21-17-16-18-22-27/h6-7,9-10,12-13,16-18,21-22H,2-5,8,11,14-15,19-20,23-26H2,1H3/b7-6-,10-9-,13-12-. The zero-order valence-corrected chi connectivity index (χ0v) is 20.4. The lowest BCUT2D eigenvalue weighted by Crippen LogP contribution is -2.12. The molecule has 0 aliphatic carbocycles. The van der Waals surface area contributed by atoms with Crippen LogP contribution in [0, 0.1) is 0 Å². The third kappa shape index (κ3) is 18.6. The number of carbonyl (C=O) groups is 2. The molecule has 0 atom stereocenters. The molecule has 182 valence electrons. The van der Waals surface area contributed by atoms with Crippen molar-refractivity contribution >= 4 is 11.9 Å².